The Labute approximate surface area is 140 Å². The quantitative estimate of drug-likeness (QED) is 0.757. The molecule has 2 aromatic heterocycles. The monoisotopic (exact) mass is 323 g/mol. The molecule has 0 atom stereocenters. The zero-order chi connectivity index (χ0) is 16.4. The number of hydrogen-bond acceptors (Lipinski definition) is 3. The number of aromatic nitrogens is 4. The molecule has 0 aliphatic carbocycles. The summed E-state index contributed by atoms with van der Waals surface area (Å²) < 4.78 is 2.14. The highest BCUT2D eigenvalue weighted by molar-refractivity contribution is 5.84. The van der Waals surface area contributed by atoms with Crippen LogP contribution in [0.3, 0.4) is 0 Å². The first-order valence-corrected chi connectivity index (χ1v) is 8.54. The van der Waals surface area contributed by atoms with Gasteiger partial charge in [-0.3, -0.25) is 4.79 Å². The first-order valence-electron chi connectivity index (χ1n) is 8.54. The molecule has 0 bridgehead atoms. The SMILES string of the molecule is O=C(CCc1c[nH]c2ccccc12)NCc1nnc2n1CCCC2. The molecule has 0 saturated carbocycles. The van der Waals surface area contributed by atoms with E-state index in [4.69, 9.17) is 0 Å². The van der Waals surface area contributed by atoms with E-state index in [1.54, 1.807) is 0 Å². The van der Waals surface area contributed by atoms with Gasteiger partial charge in [-0.2, -0.15) is 0 Å². The van der Waals surface area contributed by atoms with Gasteiger partial charge in [0.25, 0.3) is 0 Å². The Morgan fingerprint density at radius 2 is 2.17 bits per heavy atom. The van der Waals surface area contributed by atoms with Crippen LogP contribution in [0.2, 0.25) is 0 Å². The molecule has 1 aromatic carbocycles. The van der Waals surface area contributed by atoms with Gasteiger partial charge in [0.05, 0.1) is 6.54 Å². The molecule has 0 unspecified atom stereocenters. The molecule has 6 heteroatoms. The van der Waals surface area contributed by atoms with Gasteiger partial charge in [0.2, 0.25) is 5.91 Å². The summed E-state index contributed by atoms with van der Waals surface area (Å²) >= 11 is 0. The third-order valence-electron chi connectivity index (χ3n) is 4.68. The van der Waals surface area contributed by atoms with Crippen LogP contribution in [0.5, 0.6) is 0 Å². The van der Waals surface area contributed by atoms with Gasteiger partial charge in [0.1, 0.15) is 5.82 Å². The lowest BCUT2D eigenvalue weighted by Gasteiger charge is -2.14. The van der Waals surface area contributed by atoms with Crippen LogP contribution < -0.4 is 5.32 Å². The number of para-hydroxylation sites is 1. The minimum absolute atomic E-state index is 0.0495. The van der Waals surface area contributed by atoms with E-state index in [-0.39, 0.29) is 5.91 Å². The lowest BCUT2D eigenvalue weighted by atomic mass is 10.1. The van der Waals surface area contributed by atoms with Gasteiger partial charge in [-0.05, 0) is 30.9 Å². The number of H-pyrrole nitrogens is 1. The van der Waals surface area contributed by atoms with E-state index >= 15 is 0 Å². The molecule has 0 radical (unpaired) electrons. The maximum absolute atomic E-state index is 12.2. The number of carbonyl (C=O) groups excluding carboxylic acids is 1. The van der Waals surface area contributed by atoms with Crippen molar-refractivity contribution in [3.8, 4) is 0 Å². The topological polar surface area (TPSA) is 75.6 Å². The zero-order valence-corrected chi connectivity index (χ0v) is 13.6. The van der Waals surface area contributed by atoms with E-state index in [0.29, 0.717) is 13.0 Å². The highest BCUT2D eigenvalue weighted by Gasteiger charge is 2.16. The number of rotatable bonds is 5. The van der Waals surface area contributed by atoms with Gasteiger partial charge in [0, 0.05) is 36.5 Å². The third kappa shape index (κ3) is 2.91. The first-order chi connectivity index (χ1) is 11.8. The molecule has 4 rings (SSSR count). The molecule has 0 spiro atoms. The number of amides is 1. The largest absolute Gasteiger partial charge is 0.361 e. The van der Waals surface area contributed by atoms with Gasteiger partial charge in [-0.15, -0.1) is 10.2 Å². The fraction of sp³-hybridized carbons (Fsp3) is 0.389. The Balaban J connectivity index is 1.33. The molecule has 24 heavy (non-hydrogen) atoms. The van der Waals surface area contributed by atoms with Crippen molar-refractivity contribution in [3.63, 3.8) is 0 Å². The number of hydrogen-bond donors (Lipinski definition) is 2. The molecule has 6 nitrogen and oxygen atoms in total. The Morgan fingerprint density at radius 1 is 1.25 bits per heavy atom. The van der Waals surface area contributed by atoms with Crippen molar-refractivity contribution in [2.24, 2.45) is 0 Å². The maximum Gasteiger partial charge on any atom is 0.220 e. The molecule has 0 fully saturated rings. The van der Waals surface area contributed by atoms with Gasteiger partial charge in [0.15, 0.2) is 5.82 Å². The zero-order valence-electron chi connectivity index (χ0n) is 13.6. The van der Waals surface area contributed by atoms with Crippen LogP contribution >= 0.6 is 0 Å². The summed E-state index contributed by atoms with van der Waals surface area (Å²) in [4.78, 5) is 15.4. The summed E-state index contributed by atoms with van der Waals surface area (Å²) in [5, 5.41) is 12.6. The fourth-order valence-corrected chi connectivity index (χ4v) is 3.35. The fourth-order valence-electron chi connectivity index (χ4n) is 3.35. The van der Waals surface area contributed by atoms with Crippen molar-refractivity contribution < 1.29 is 4.79 Å². The van der Waals surface area contributed by atoms with Crippen molar-refractivity contribution in [3.05, 3.63) is 47.7 Å². The average Bonchev–Trinajstić information content (AvgIpc) is 3.22. The Kier molecular flexibility index (Phi) is 4.02. The molecule has 1 aliphatic heterocycles. The number of benzene rings is 1. The maximum atomic E-state index is 12.2. The van der Waals surface area contributed by atoms with E-state index in [9.17, 15) is 4.79 Å². The summed E-state index contributed by atoms with van der Waals surface area (Å²) in [6.45, 7) is 1.42. The molecule has 124 valence electrons. The van der Waals surface area contributed by atoms with E-state index in [0.717, 1.165) is 43.0 Å². The van der Waals surface area contributed by atoms with Crippen molar-refractivity contribution in [1.82, 2.24) is 25.1 Å². The van der Waals surface area contributed by atoms with Crippen molar-refractivity contribution in [2.75, 3.05) is 0 Å². The van der Waals surface area contributed by atoms with Gasteiger partial charge >= 0.3 is 0 Å². The van der Waals surface area contributed by atoms with Gasteiger partial charge in [-0.1, -0.05) is 18.2 Å². The number of nitrogens with zero attached hydrogens (tertiary/aromatic N) is 3. The lowest BCUT2D eigenvalue weighted by Crippen LogP contribution is -2.25. The average molecular weight is 323 g/mol. The van der Waals surface area contributed by atoms with E-state index in [1.165, 1.54) is 17.4 Å². The predicted octanol–water partition coefficient (Wildman–Crippen LogP) is 2.34. The first kappa shape index (κ1) is 14.9. The van der Waals surface area contributed by atoms with Crippen molar-refractivity contribution in [2.45, 2.75) is 45.2 Å². The van der Waals surface area contributed by atoms with E-state index in [1.807, 2.05) is 24.4 Å². The van der Waals surface area contributed by atoms with Crippen LogP contribution in [0.1, 0.15) is 36.5 Å². The van der Waals surface area contributed by atoms with Crippen LogP contribution in [-0.4, -0.2) is 25.7 Å². The van der Waals surface area contributed by atoms with Crippen molar-refractivity contribution in [1.29, 1.82) is 0 Å². The lowest BCUT2D eigenvalue weighted by molar-refractivity contribution is -0.121. The van der Waals surface area contributed by atoms with Crippen LogP contribution in [0, 0.1) is 0 Å². The smallest absolute Gasteiger partial charge is 0.220 e. The summed E-state index contributed by atoms with van der Waals surface area (Å²) in [5.41, 5.74) is 2.30. The van der Waals surface area contributed by atoms with E-state index < -0.39 is 0 Å². The van der Waals surface area contributed by atoms with Gasteiger partial charge < -0.3 is 14.9 Å². The summed E-state index contributed by atoms with van der Waals surface area (Å²) in [5.74, 6) is 1.96. The van der Waals surface area contributed by atoms with Crippen LogP contribution in [-0.2, 0) is 30.7 Å². The van der Waals surface area contributed by atoms with Crippen LogP contribution in [0.25, 0.3) is 10.9 Å². The Bertz CT molecular complexity index is 863. The number of aryl methyl sites for hydroxylation is 2. The molecule has 1 aliphatic rings. The molecule has 3 heterocycles. The number of carbonyl (C=O) groups is 1. The number of aromatic amines is 1. The second-order valence-electron chi connectivity index (χ2n) is 6.28. The molecule has 2 N–H and O–H groups in total. The third-order valence-corrected chi connectivity index (χ3v) is 4.68. The van der Waals surface area contributed by atoms with Crippen molar-refractivity contribution >= 4 is 16.8 Å². The molecule has 0 saturated heterocycles. The normalized spacial score (nSPS) is 13.8. The predicted molar refractivity (Wildman–Crippen MR) is 91.4 cm³/mol. The van der Waals surface area contributed by atoms with E-state index in [2.05, 4.69) is 31.1 Å². The standard InChI is InChI=1S/C18H21N5O/c24-18(9-8-13-11-19-15-6-2-1-5-14(13)15)20-12-17-22-21-16-7-3-4-10-23(16)17/h1-2,5-6,11,19H,3-4,7-10,12H2,(H,20,24). The number of nitrogens with one attached hydrogen (secondary N) is 2. The molecule has 1 amide bonds. The molecular formula is C18H21N5O. The van der Waals surface area contributed by atoms with Crippen LogP contribution in [0.4, 0.5) is 0 Å². The van der Waals surface area contributed by atoms with Gasteiger partial charge in [-0.25, -0.2) is 0 Å². The number of fused-ring (bicyclic) bond motifs is 2. The minimum Gasteiger partial charge on any atom is -0.361 e. The highest BCUT2D eigenvalue weighted by atomic mass is 16.1. The summed E-state index contributed by atoms with van der Waals surface area (Å²) in [7, 11) is 0. The molecule has 3 aromatic rings. The summed E-state index contributed by atoms with van der Waals surface area (Å²) in [6.07, 6.45) is 6.52. The van der Waals surface area contributed by atoms with Crippen LogP contribution in [0.15, 0.2) is 30.5 Å². The second kappa shape index (κ2) is 6.47. The Morgan fingerprint density at radius 3 is 3.12 bits per heavy atom. The minimum atomic E-state index is 0.0495. The Hall–Kier alpha value is -2.63. The molecular weight excluding hydrogens is 302 g/mol. The highest BCUT2D eigenvalue weighted by Crippen LogP contribution is 2.19. The second-order valence-corrected chi connectivity index (χ2v) is 6.28. The summed E-state index contributed by atoms with van der Waals surface area (Å²) in [6, 6.07) is 8.16.